The molecule has 1 amide bonds. The molecule has 2 atom stereocenters. The van der Waals surface area contributed by atoms with Gasteiger partial charge in [-0.25, -0.2) is 0 Å². The Balaban J connectivity index is 2.00. The fourth-order valence-corrected chi connectivity index (χ4v) is 2.63. The number of H-pyrrole nitrogens is 1. The Labute approximate surface area is 126 Å². The number of hydrogen-bond donors (Lipinski definition) is 3. The summed E-state index contributed by atoms with van der Waals surface area (Å²) in [6.07, 6.45) is 0.340. The van der Waals surface area contributed by atoms with Crippen LogP contribution in [0.3, 0.4) is 0 Å². The highest BCUT2D eigenvalue weighted by Crippen LogP contribution is 2.20. The summed E-state index contributed by atoms with van der Waals surface area (Å²) >= 11 is 3.41. The highest BCUT2D eigenvalue weighted by molar-refractivity contribution is 9.10. The first-order valence-corrected chi connectivity index (χ1v) is 7.49. The van der Waals surface area contributed by atoms with E-state index in [9.17, 15) is 9.90 Å². The number of hydrogen-bond acceptors (Lipinski definition) is 2. The average molecular weight is 339 g/mol. The second-order valence-electron chi connectivity index (χ2n) is 5.31. The quantitative estimate of drug-likeness (QED) is 0.784. The lowest BCUT2D eigenvalue weighted by molar-refractivity contribution is 0.0935. The second kappa shape index (κ2) is 6.41. The lowest BCUT2D eigenvalue weighted by Crippen LogP contribution is -2.29. The first-order chi connectivity index (χ1) is 9.45. The fourth-order valence-electron chi connectivity index (χ4n) is 2.25. The highest BCUT2D eigenvalue weighted by atomic mass is 79.9. The summed E-state index contributed by atoms with van der Waals surface area (Å²) in [6, 6.07) is 7.69. The minimum atomic E-state index is -0.340. The van der Waals surface area contributed by atoms with Gasteiger partial charge in [-0.2, -0.15) is 0 Å². The summed E-state index contributed by atoms with van der Waals surface area (Å²) in [7, 11) is 0. The average Bonchev–Trinajstić information content (AvgIpc) is 2.78. The number of aliphatic hydroxyl groups is 1. The van der Waals surface area contributed by atoms with Crippen molar-refractivity contribution >= 4 is 32.7 Å². The number of aliphatic hydroxyl groups excluding tert-OH is 1. The van der Waals surface area contributed by atoms with Gasteiger partial charge in [0.15, 0.2) is 0 Å². The van der Waals surface area contributed by atoms with Crippen molar-refractivity contribution < 1.29 is 9.90 Å². The number of nitrogens with one attached hydrogen (secondary N) is 2. The van der Waals surface area contributed by atoms with Crippen molar-refractivity contribution in [2.45, 2.75) is 26.4 Å². The van der Waals surface area contributed by atoms with Gasteiger partial charge in [-0.15, -0.1) is 0 Å². The van der Waals surface area contributed by atoms with Crippen molar-refractivity contribution in [3.05, 3.63) is 34.4 Å². The zero-order valence-corrected chi connectivity index (χ0v) is 13.2. The predicted molar refractivity (Wildman–Crippen MR) is 83.8 cm³/mol. The van der Waals surface area contributed by atoms with Crippen LogP contribution in [0.1, 0.15) is 30.8 Å². The van der Waals surface area contributed by atoms with Crippen LogP contribution in [0.4, 0.5) is 0 Å². The number of halogens is 1. The molecule has 0 saturated heterocycles. The number of carbonyl (C=O) groups excluding carboxylic acids is 1. The summed E-state index contributed by atoms with van der Waals surface area (Å²) in [4.78, 5) is 15.2. The van der Waals surface area contributed by atoms with E-state index in [-0.39, 0.29) is 17.9 Å². The Morgan fingerprint density at radius 2 is 2.15 bits per heavy atom. The molecule has 2 aromatic rings. The van der Waals surface area contributed by atoms with Crippen molar-refractivity contribution in [3.63, 3.8) is 0 Å². The van der Waals surface area contributed by atoms with E-state index in [2.05, 4.69) is 26.2 Å². The van der Waals surface area contributed by atoms with E-state index in [1.165, 1.54) is 0 Å². The molecule has 1 aromatic carbocycles. The number of benzene rings is 1. The molecule has 2 rings (SSSR count). The molecule has 108 valence electrons. The monoisotopic (exact) mass is 338 g/mol. The van der Waals surface area contributed by atoms with Gasteiger partial charge >= 0.3 is 0 Å². The van der Waals surface area contributed by atoms with E-state index < -0.39 is 0 Å². The lowest BCUT2D eigenvalue weighted by atomic mass is 10.0. The molecule has 0 fully saturated rings. The number of amides is 1. The van der Waals surface area contributed by atoms with E-state index in [0.717, 1.165) is 15.4 Å². The minimum Gasteiger partial charge on any atom is -0.393 e. The van der Waals surface area contributed by atoms with Gasteiger partial charge in [-0.1, -0.05) is 22.9 Å². The van der Waals surface area contributed by atoms with E-state index in [1.54, 1.807) is 6.92 Å². The lowest BCUT2D eigenvalue weighted by Gasteiger charge is -2.13. The third-order valence-corrected chi connectivity index (χ3v) is 3.68. The summed E-state index contributed by atoms with van der Waals surface area (Å²) in [5.41, 5.74) is 1.50. The molecule has 0 radical (unpaired) electrons. The third-order valence-electron chi connectivity index (χ3n) is 3.18. The Morgan fingerprint density at radius 3 is 2.85 bits per heavy atom. The van der Waals surface area contributed by atoms with Gasteiger partial charge < -0.3 is 15.4 Å². The van der Waals surface area contributed by atoms with E-state index in [1.807, 2.05) is 31.2 Å². The van der Waals surface area contributed by atoms with Crippen molar-refractivity contribution in [2.24, 2.45) is 5.92 Å². The van der Waals surface area contributed by atoms with Crippen molar-refractivity contribution in [1.82, 2.24) is 10.3 Å². The minimum absolute atomic E-state index is 0.116. The van der Waals surface area contributed by atoms with Gasteiger partial charge in [0.2, 0.25) is 0 Å². The van der Waals surface area contributed by atoms with E-state index in [4.69, 9.17) is 0 Å². The number of fused-ring (bicyclic) bond motifs is 1. The van der Waals surface area contributed by atoms with Crippen LogP contribution in [-0.4, -0.2) is 28.6 Å². The maximum Gasteiger partial charge on any atom is 0.267 e. The molecular formula is C15H19BrN2O2. The zero-order valence-electron chi connectivity index (χ0n) is 11.6. The van der Waals surface area contributed by atoms with Crippen LogP contribution in [0, 0.1) is 5.92 Å². The normalized spacial score (nSPS) is 14.2. The number of carbonyl (C=O) groups is 1. The molecule has 0 spiro atoms. The van der Waals surface area contributed by atoms with Gasteiger partial charge in [0.1, 0.15) is 5.69 Å². The van der Waals surface area contributed by atoms with Crippen LogP contribution >= 0.6 is 15.9 Å². The Morgan fingerprint density at radius 1 is 1.40 bits per heavy atom. The number of aromatic amines is 1. The number of rotatable bonds is 5. The Bertz CT molecular complexity index is 607. The third kappa shape index (κ3) is 3.84. The Kier molecular flexibility index (Phi) is 4.83. The first kappa shape index (κ1) is 15.1. The molecule has 3 N–H and O–H groups in total. The fraction of sp³-hybridized carbons (Fsp3) is 0.400. The predicted octanol–water partition coefficient (Wildman–Crippen LogP) is 3.07. The van der Waals surface area contributed by atoms with Crippen LogP contribution in [0.5, 0.6) is 0 Å². The molecule has 0 aliphatic rings. The molecule has 0 bridgehead atoms. The summed E-state index contributed by atoms with van der Waals surface area (Å²) in [5, 5.41) is 13.2. The highest BCUT2D eigenvalue weighted by Gasteiger charge is 2.12. The van der Waals surface area contributed by atoms with Crippen LogP contribution in [0.25, 0.3) is 10.9 Å². The van der Waals surface area contributed by atoms with Crippen molar-refractivity contribution in [2.75, 3.05) is 6.54 Å². The molecule has 0 saturated carbocycles. The molecule has 20 heavy (non-hydrogen) atoms. The van der Waals surface area contributed by atoms with Gasteiger partial charge in [-0.3, -0.25) is 4.79 Å². The van der Waals surface area contributed by atoms with Crippen LogP contribution < -0.4 is 5.32 Å². The Hall–Kier alpha value is -1.33. The maximum atomic E-state index is 12.1. The van der Waals surface area contributed by atoms with Gasteiger partial charge in [0.25, 0.3) is 5.91 Å². The topological polar surface area (TPSA) is 65.1 Å². The number of aromatic nitrogens is 1. The molecule has 1 aromatic heterocycles. The first-order valence-electron chi connectivity index (χ1n) is 6.70. The molecule has 2 unspecified atom stereocenters. The summed E-state index contributed by atoms with van der Waals surface area (Å²) in [6.45, 7) is 4.33. The molecular weight excluding hydrogens is 320 g/mol. The standard InChI is InChI=1S/C15H19BrN2O2/c1-9(5-10(2)19)8-17-15(20)14-7-11-6-12(16)3-4-13(11)18-14/h3-4,6-7,9-10,18-19H,5,8H2,1-2H3,(H,17,20). The second-order valence-corrected chi connectivity index (χ2v) is 6.23. The summed E-state index contributed by atoms with van der Waals surface area (Å²) < 4.78 is 0.988. The largest absolute Gasteiger partial charge is 0.393 e. The van der Waals surface area contributed by atoms with Crippen molar-refractivity contribution in [3.8, 4) is 0 Å². The molecule has 5 heteroatoms. The molecule has 0 aliphatic heterocycles. The van der Waals surface area contributed by atoms with Crippen molar-refractivity contribution in [1.29, 1.82) is 0 Å². The zero-order chi connectivity index (χ0) is 14.7. The molecule has 0 aliphatic carbocycles. The van der Waals surface area contributed by atoms with Gasteiger partial charge in [0, 0.05) is 21.9 Å². The smallest absolute Gasteiger partial charge is 0.267 e. The van der Waals surface area contributed by atoms with E-state index >= 15 is 0 Å². The van der Waals surface area contributed by atoms with Crippen LogP contribution in [-0.2, 0) is 0 Å². The molecule has 4 nitrogen and oxygen atoms in total. The maximum absolute atomic E-state index is 12.1. The van der Waals surface area contributed by atoms with Gasteiger partial charge in [-0.05, 0) is 43.5 Å². The summed E-state index contributed by atoms with van der Waals surface area (Å²) in [5.74, 6) is 0.132. The van der Waals surface area contributed by atoms with E-state index in [0.29, 0.717) is 18.7 Å². The molecule has 1 heterocycles. The SMILES string of the molecule is CC(O)CC(C)CNC(=O)c1cc2cc(Br)ccc2[nH]1. The van der Waals surface area contributed by atoms with Crippen LogP contribution in [0.15, 0.2) is 28.7 Å². The van der Waals surface area contributed by atoms with Crippen LogP contribution in [0.2, 0.25) is 0 Å². The van der Waals surface area contributed by atoms with Gasteiger partial charge in [0.05, 0.1) is 6.10 Å².